The first-order chi connectivity index (χ1) is 12.6. The van der Waals surface area contributed by atoms with E-state index in [0.29, 0.717) is 11.7 Å². The average molecular weight is 368 g/mol. The van der Waals surface area contributed by atoms with E-state index in [1.165, 1.54) is 11.8 Å². The second-order valence-electron chi connectivity index (χ2n) is 5.72. The Kier molecular flexibility index (Phi) is 5.52. The summed E-state index contributed by atoms with van der Waals surface area (Å²) in [7, 11) is 0. The number of allylic oxidation sites excluding steroid dienone is 1. The van der Waals surface area contributed by atoms with Crippen LogP contribution in [0.3, 0.4) is 0 Å². The molecule has 3 aromatic rings. The quantitative estimate of drug-likeness (QED) is 0.493. The van der Waals surface area contributed by atoms with Gasteiger partial charge in [0.1, 0.15) is 5.82 Å². The van der Waals surface area contributed by atoms with Crippen molar-refractivity contribution >= 4 is 23.4 Å². The lowest BCUT2D eigenvalue weighted by Crippen LogP contribution is -2.23. The summed E-state index contributed by atoms with van der Waals surface area (Å²) in [5.41, 5.74) is 2.69. The van der Waals surface area contributed by atoms with Gasteiger partial charge in [-0.15, -0.1) is 16.8 Å². The minimum Gasteiger partial charge on any atom is -0.345 e. The zero-order valence-electron chi connectivity index (χ0n) is 14.6. The van der Waals surface area contributed by atoms with Gasteiger partial charge in [-0.05, 0) is 31.5 Å². The summed E-state index contributed by atoms with van der Waals surface area (Å²) >= 11 is 1.38. The molecular formula is C18H20N6OS. The van der Waals surface area contributed by atoms with Crippen molar-refractivity contribution in [3.63, 3.8) is 0 Å². The molecule has 2 N–H and O–H groups in total. The molecule has 1 atom stereocenters. The fourth-order valence-corrected chi connectivity index (χ4v) is 3.29. The Balaban J connectivity index is 1.63. The van der Waals surface area contributed by atoms with Crippen LogP contribution in [0, 0.1) is 6.92 Å². The van der Waals surface area contributed by atoms with Gasteiger partial charge in [0.15, 0.2) is 5.16 Å². The highest BCUT2D eigenvalue weighted by molar-refractivity contribution is 8.00. The molecule has 0 aliphatic carbocycles. The molecule has 8 heteroatoms. The first-order valence-electron chi connectivity index (χ1n) is 8.15. The van der Waals surface area contributed by atoms with Gasteiger partial charge >= 0.3 is 0 Å². The largest absolute Gasteiger partial charge is 0.345 e. The van der Waals surface area contributed by atoms with Crippen molar-refractivity contribution < 1.29 is 4.79 Å². The van der Waals surface area contributed by atoms with Crippen LogP contribution in [-0.4, -0.2) is 35.9 Å². The topological polar surface area (TPSA) is 88.5 Å². The molecule has 0 fully saturated rings. The number of nitrogens with zero attached hydrogens (tertiary/aromatic N) is 4. The van der Waals surface area contributed by atoms with E-state index in [4.69, 9.17) is 0 Å². The number of hydrogen-bond donors (Lipinski definition) is 2. The van der Waals surface area contributed by atoms with Gasteiger partial charge in [-0.25, -0.2) is 4.98 Å². The third kappa shape index (κ3) is 4.02. The number of carbonyl (C=O) groups excluding carboxylic acids is 1. The molecule has 134 valence electrons. The van der Waals surface area contributed by atoms with Crippen LogP contribution in [-0.2, 0) is 11.3 Å². The van der Waals surface area contributed by atoms with Crippen molar-refractivity contribution in [1.82, 2.24) is 24.7 Å². The van der Waals surface area contributed by atoms with Gasteiger partial charge in [0.05, 0.1) is 23.5 Å². The Hall–Kier alpha value is -2.87. The van der Waals surface area contributed by atoms with E-state index in [1.807, 2.05) is 42.7 Å². The standard InChI is InChI=1S/C18H20N6OS/c1-4-9-24-13(3)22-23-18(24)26-12(2)17(25)21-15-7-5-14(6-8-15)16-10-19-11-20-16/h4-8,10-12H,1,9H2,2-3H3,(H,19,20)(H,21,25)/t12-/m0/s1. The second kappa shape index (κ2) is 8.01. The molecule has 0 unspecified atom stereocenters. The number of aromatic amines is 1. The normalized spacial score (nSPS) is 11.9. The highest BCUT2D eigenvalue weighted by Gasteiger charge is 2.19. The van der Waals surface area contributed by atoms with Gasteiger partial charge in [0.2, 0.25) is 5.91 Å². The molecule has 1 aromatic carbocycles. The number of amides is 1. The van der Waals surface area contributed by atoms with Crippen molar-refractivity contribution in [2.45, 2.75) is 30.8 Å². The third-order valence-corrected chi connectivity index (χ3v) is 4.91. The number of carbonyl (C=O) groups is 1. The molecule has 2 heterocycles. The molecule has 1 amide bonds. The van der Waals surface area contributed by atoms with E-state index >= 15 is 0 Å². The van der Waals surface area contributed by atoms with E-state index < -0.39 is 0 Å². The molecule has 0 saturated heterocycles. The lowest BCUT2D eigenvalue weighted by Gasteiger charge is -2.12. The Bertz CT molecular complexity index is 885. The van der Waals surface area contributed by atoms with Gasteiger partial charge < -0.3 is 14.9 Å². The van der Waals surface area contributed by atoms with Crippen LogP contribution >= 0.6 is 11.8 Å². The van der Waals surface area contributed by atoms with Gasteiger partial charge in [-0.2, -0.15) is 0 Å². The Morgan fingerprint density at radius 2 is 2.15 bits per heavy atom. The minimum atomic E-state index is -0.311. The number of benzene rings is 1. The maximum atomic E-state index is 12.5. The maximum Gasteiger partial charge on any atom is 0.237 e. The van der Waals surface area contributed by atoms with Crippen LogP contribution in [0.15, 0.2) is 54.6 Å². The fourth-order valence-electron chi connectivity index (χ4n) is 2.39. The molecule has 26 heavy (non-hydrogen) atoms. The first-order valence-corrected chi connectivity index (χ1v) is 9.03. The Morgan fingerprint density at radius 1 is 1.38 bits per heavy atom. The Morgan fingerprint density at radius 3 is 2.81 bits per heavy atom. The molecule has 0 aliphatic heterocycles. The summed E-state index contributed by atoms with van der Waals surface area (Å²) in [4.78, 5) is 19.5. The predicted octanol–water partition coefficient (Wildman–Crippen LogP) is 3.28. The average Bonchev–Trinajstić information content (AvgIpc) is 3.28. The first kappa shape index (κ1) is 17.9. The highest BCUT2D eigenvalue weighted by Crippen LogP contribution is 2.24. The van der Waals surface area contributed by atoms with Crippen molar-refractivity contribution in [3.8, 4) is 11.3 Å². The van der Waals surface area contributed by atoms with E-state index in [9.17, 15) is 4.79 Å². The van der Waals surface area contributed by atoms with Gasteiger partial charge in [0.25, 0.3) is 0 Å². The van der Waals surface area contributed by atoms with Crippen LogP contribution in [0.25, 0.3) is 11.3 Å². The van der Waals surface area contributed by atoms with Crippen LogP contribution in [0.1, 0.15) is 12.7 Å². The SMILES string of the molecule is C=CCn1c(C)nnc1S[C@@H](C)C(=O)Nc1ccc(-c2cnc[nH]2)cc1. The fraction of sp³-hybridized carbons (Fsp3) is 0.222. The smallest absolute Gasteiger partial charge is 0.237 e. The maximum absolute atomic E-state index is 12.5. The monoisotopic (exact) mass is 368 g/mol. The van der Waals surface area contributed by atoms with E-state index in [0.717, 1.165) is 22.8 Å². The van der Waals surface area contributed by atoms with E-state index in [2.05, 4.69) is 32.1 Å². The van der Waals surface area contributed by atoms with Gasteiger partial charge in [0, 0.05) is 12.2 Å². The summed E-state index contributed by atoms with van der Waals surface area (Å²) in [5, 5.41) is 11.5. The second-order valence-corrected chi connectivity index (χ2v) is 7.03. The van der Waals surface area contributed by atoms with Crippen LogP contribution in [0.2, 0.25) is 0 Å². The van der Waals surface area contributed by atoms with Crippen LogP contribution in [0.4, 0.5) is 5.69 Å². The van der Waals surface area contributed by atoms with Gasteiger partial charge in [-0.1, -0.05) is 30.0 Å². The van der Waals surface area contributed by atoms with Crippen LogP contribution < -0.4 is 5.32 Å². The van der Waals surface area contributed by atoms with Crippen molar-refractivity contribution in [2.75, 3.05) is 5.32 Å². The number of aromatic nitrogens is 5. The molecule has 3 rings (SSSR count). The third-order valence-electron chi connectivity index (χ3n) is 3.83. The van der Waals surface area contributed by atoms with Crippen molar-refractivity contribution in [1.29, 1.82) is 0 Å². The van der Waals surface area contributed by atoms with Crippen molar-refractivity contribution in [3.05, 3.63) is 55.3 Å². The number of nitrogens with one attached hydrogen (secondary N) is 2. The molecule has 0 bridgehead atoms. The number of anilines is 1. The predicted molar refractivity (Wildman–Crippen MR) is 103 cm³/mol. The molecular weight excluding hydrogens is 348 g/mol. The van der Waals surface area contributed by atoms with E-state index in [1.54, 1.807) is 18.6 Å². The lowest BCUT2D eigenvalue weighted by atomic mass is 10.1. The summed E-state index contributed by atoms with van der Waals surface area (Å²) in [6.07, 6.45) is 5.18. The minimum absolute atomic E-state index is 0.0879. The Labute approximate surface area is 156 Å². The van der Waals surface area contributed by atoms with Crippen LogP contribution in [0.5, 0.6) is 0 Å². The number of H-pyrrole nitrogens is 1. The number of thioether (sulfide) groups is 1. The number of hydrogen-bond acceptors (Lipinski definition) is 5. The highest BCUT2D eigenvalue weighted by atomic mass is 32.2. The van der Waals surface area contributed by atoms with Crippen molar-refractivity contribution in [2.24, 2.45) is 0 Å². The summed E-state index contributed by atoms with van der Waals surface area (Å²) < 4.78 is 1.93. The van der Waals surface area contributed by atoms with Gasteiger partial charge in [-0.3, -0.25) is 4.79 Å². The number of imidazole rings is 1. The molecule has 7 nitrogen and oxygen atoms in total. The molecule has 0 spiro atoms. The summed E-state index contributed by atoms with van der Waals surface area (Å²) in [6, 6.07) is 7.61. The zero-order valence-corrected chi connectivity index (χ0v) is 15.5. The number of aryl methyl sites for hydroxylation is 1. The zero-order chi connectivity index (χ0) is 18.5. The summed E-state index contributed by atoms with van der Waals surface area (Å²) in [5.74, 6) is 0.712. The summed E-state index contributed by atoms with van der Waals surface area (Å²) in [6.45, 7) is 8.09. The van der Waals surface area contributed by atoms with E-state index in [-0.39, 0.29) is 11.2 Å². The lowest BCUT2D eigenvalue weighted by molar-refractivity contribution is -0.115. The molecule has 0 aliphatic rings. The molecule has 0 saturated carbocycles. The number of rotatable bonds is 7. The molecule has 0 radical (unpaired) electrons. The molecule has 2 aromatic heterocycles.